The molecule has 1 saturated carbocycles. The van der Waals surface area contributed by atoms with Gasteiger partial charge in [-0.05, 0) is 26.0 Å². The Labute approximate surface area is 115 Å². The maximum Gasteiger partial charge on any atom is 0.215 e. The summed E-state index contributed by atoms with van der Waals surface area (Å²) in [6.07, 6.45) is 1.07. The average molecular weight is 271 g/mol. The summed E-state index contributed by atoms with van der Waals surface area (Å²) in [7, 11) is 0. The van der Waals surface area contributed by atoms with Crippen LogP contribution in [0.15, 0.2) is 35.3 Å². The molecule has 0 heterocycles. The van der Waals surface area contributed by atoms with E-state index in [1.807, 2.05) is 0 Å². The second-order valence-electron chi connectivity index (χ2n) is 5.10. The molecule has 0 radical (unpaired) electrons. The molecule has 0 N–H and O–H groups in total. The molecule has 2 rings (SSSR count). The standard InChI is InChI=1S/C15H13NO4/c1-15(2)13(19)11(17)10(12(18)14(15)20)8-16-9-6-4-3-5-7-9/h3-8,10H,1-2H3. The van der Waals surface area contributed by atoms with Gasteiger partial charge in [0.15, 0.2) is 0 Å². The number of hydrogen-bond donors (Lipinski definition) is 0. The van der Waals surface area contributed by atoms with Crippen LogP contribution in [0, 0.1) is 11.3 Å². The van der Waals surface area contributed by atoms with E-state index < -0.39 is 34.5 Å². The number of ketones is 4. The van der Waals surface area contributed by atoms with Gasteiger partial charge in [-0.3, -0.25) is 24.2 Å². The Morgan fingerprint density at radius 2 is 1.45 bits per heavy atom. The average Bonchev–Trinajstić information content (AvgIpc) is 2.45. The monoisotopic (exact) mass is 271 g/mol. The van der Waals surface area contributed by atoms with Crippen LogP contribution in [-0.4, -0.2) is 29.3 Å². The van der Waals surface area contributed by atoms with Crippen LogP contribution in [-0.2, 0) is 19.2 Å². The van der Waals surface area contributed by atoms with E-state index in [1.165, 1.54) is 13.8 Å². The zero-order chi connectivity index (χ0) is 14.9. The molecular formula is C15H13NO4. The van der Waals surface area contributed by atoms with Crippen molar-refractivity contribution in [2.75, 3.05) is 0 Å². The SMILES string of the molecule is CC1(C)C(=O)C(=O)C(C=Nc2ccccc2)C(=O)C1=O. The lowest BCUT2D eigenvalue weighted by Crippen LogP contribution is -2.54. The van der Waals surface area contributed by atoms with E-state index in [9.17, 15) is 19.2 Å². The Morgan fingerprint density at radius 3 is 1.95 bits per heavy atom. The zero-order valence-corrected chi connectivity index (χ0v) is 11.1. The maximum atomic E-state index is 11.9. The molecule has 0 aliphatic heterocycles. The van der Waals surface area contributed by atoms with Crippen LogP contribution < -0.4 is 0 Å². The van der Waals surface area contributed by atoms with Crippen molar-refractivity contribution < 1.29 is 19.2 Å². The summed E-state index contributed by atoms with van der Waals surface area (Å²) in [5.74, 6) is -4.83. The molecule has 1 aliphatic rings. The van der Waals surface area contributed by atoms with E-state index in [-0.39, 0.29) is 0 Å². The highest BCUT2D eigenvalue weighted by molar-refractivity contribution is 6.64. The summed E-state index contributed by atoms with van der Waals surface area (Å²) in [6, 6.07) is 8.66. The largest absolute Gasteiger partial charge is 0.290 e. The molecule has 0 unspecified atom stereocenters. The van der Waals surface area contributed by atoms with Crippen molar-refractivity contribution in [1.82, 2.24) is 0 Å². The number of nitrogens with zero attached hydrogens (tertiary/aromatic N) is 1. The molecule has 102 valence electrons. The van der Waals surface area contributed by atoms with Crippen LogP contribution in [0.1, 0.15) is 13.8 Å². The number of para-hydroxylation sites is 1. The fourth-order valence-electron chi connectivity index (χ4n) is 1.93. The molecule has 0 spiro atoms. The summed E-state index contributed by atoms with van der Waals surface area (Å²) < 4.78 is 0. The van der Waals surface area contributed by atoms with E-state index in [2.05, 4.69) is 4.99 Å². The van der Waals surface area contributed by atoms with Gasteiger partial charge >= 0.3 is 0 Å². The van der Waals surface area contributed by atoms with Gasteiger partial charge < -0.3 is 0 Å². The Hall–Kier alpha value is -2.43. The van der Waals surface area contributed by atoms with E-state index in [4.69, 9.17) is 0 Å². The van der Waals surface area contributed by atoms with Crippen LogP contribution in [0.4, 0.5) is 5.69 Å². The van der Waals surface area contributed by atoms with Gasteiger partial charge in [-0.25, -0.2) is 0 Å². The number of rotatable bonds is 2. The van der Waals surface area contributed by atoms with Crippen molar-refractivity contribution in [1.29, 1.82) is 0 Å². The first-order chi connectivity index (χ1) is 9.35. The van der Waals surface area contributed by atoms with Gasteiger partial charge in [0, 0.05) is 6.21 Å². The third kappa shape index (κ3) is 2.22. The quantitative estimate of drug-likeness (QED) is 0.461. The first kappa shape index (κ1) is 14.0. The maximum absolute atomic E-state index is 11.9. The van der Waals surface area contributed by atoms with E-state index in [1.54, 1.807) is 30.3 Å². The third-order valence-electron chi connectivity index (χ3n) is 3.28. The van der Waals surface area contributed by atoms with Gasteiger partial charge in [0.2, 0.25) is 23.1 Å². The summed E-state index contributed by atoms with van der Waals surface area (Å²) in [4.78, 5) is 51.5. The second-order valence-corrected chi connectivity index (χ2v) is 5.10. The summed E-state index contributed by atoms with van der Waals surface area (Å²) in [5.41, 5.74) is -1.02. The molecule has 0 bridgehead atoms. The van der Waals surface area contributed by atoms with Crippen molar-refractivity contribution in [3.63, 3.8) is 0 Å². The fraction of sp³-hybridized carbons (Fsp3) is 0.267. The summed E-state index contributed by atoms with van der Waals surface area (Å²) in [6.45, 7) is 2.58. The lowest BCUT2D eigenvalue weighted by molar-refractivity contribution is -0.157. The minimum absolute atomic E-state index is 0.540. The Kier molecular flexibility index (Phi) is 3.44. The first-order valence-corrected chi connectivity index (χ1v) is 6.12. The molecule has 1 fully saturated rings. The molecule has 20 heavy (non-hydrogen) atoms. The van der Waals surface area contributed by atoms with Crippen LogP contribution in [0.2, 0.25) is 0 Å². The minimum Gasteiger partial charge on any atom is -0.290 e. The molecule has 0 amide bonds. The Bertz CT molecular complexity index is 599. The molecule has 1 aliphatic carbocycles. The van der Waals surface area contributed by atoms with Gasteiger partial charge in [0.25, 0.3) is 0 Å². The number of aliphatic imine (C=N–C) groups is 1. The lowest BCUT2D eigenvalue weighted by atomic mass is 9.70. The van der Waals surface area contributed by atoms with Crippen molar-refractivity contribution in [2.24, 2.45) is 16.3 Å². The summed E-state index contributed by atoms with van der Waals surface area (Å²) in [5, 5.41) is 0. The second kappa shape index (κ2) is 4.92. The van der Waals surface area contributed by atoms with Gasteiger partial charge in [0.05, 0.1) is 11.1 Å². The molecule has 1 aromatic rings. The Morgan fingerprint density at radius 1 is 0.950 bits per heavy atom. The summed E-state index contributed by atoms with van der Waals surface area (Å²) >= 11 is 0. The van der Waals surface area contributed by atoms with Gasteiger partial charge in [-0.2, -0.15) is 0 Å². The van der Waals surface area contributed by atoms with Gasteiger partial charge in [-0.1, -0.05) is 18.2 Å². The molecule has 5 nitrogen and oxygen atoms in total. The molecule has 5 heteroatoms. The van der Waals surface area contributed by atoms with Crippen LogP contribution in [0.25, 0.3) is 0 Å². The Balaban J connectivity index is 2.31. The highest BCUT2D eigenvalue weighted by atomic mass is 16.2. The predicted molar refractivity (Wildman–Crippen MR) is 71.9 cm³/mol. The number of carbonyl (C=O) groups is 4. The third-order valence-corrected chi connectivity index (χ3v) is 3.28. The smallest absolute Gasteiger partial charge is 0.215 e. The van der Waals surface area contributed by atoms with Crippen LogP contribution >= 0.6 is 0 Å². The van der Waals surface area contributed by atoms with E-state index >= 15 is 0 Å². The van der Waals surface area contributed by atoms with Gasteiger partial charge in [-0.15, -0.1) is 0 Å². The fourth-order valence-corrected chi connectivity index (χ4v) is 1.93. The van der Waals surface area contributed by atoms with Crippen molar-refractivity contribution >= 4 is 35.0 Å². The van der Waals surface area contributed by atoms with Crippen molar-refractivity contribution in [2.45, 2.75) is 13.8 Å². The lowest BCUT2D eigenvalue weighted by Gasteiger charge is -2.27. The number of hydrogen-bond acceptors (Lipinski definition) is 5. The minimum atomic E-state index is -1.56. The normalized spacial score (nSPS) is 19.9. The molecule has 0 saturated heterocycles. The highest BCUT2D eigenvalue weighted by Crippen LogP contribution is 2.27. The van der Waals surface area contributed by atoms with Crippen LogP contribution in [0.5, 0.6) is 0 Å². The zero-order valence-electron chi connectivity index (χ0n) is 11.1. The molecule has 1 aromatic carbocycles. The number of Topliss-reactive ketones (excluding diaryl/α,β-unsaturated/α-hetero) is 4. The predicted octanol–water partition coefficient (Wildman–Crippen LogP) is 1.32. The number of carbonyl (C=O) groups excluding carboxylic acids is 4. The topological polar surface area (TPSA) is 80.6 Å². The van der Waals surface area contributed by atoms with Crippen molar-refractivity contribution in [3.05, 3.63) is 30.3 Å². The highest BCUT2D eigenvalue weighted by Gasteiger charge is 2.53. The van der Waals surface area contributed by atoms with Crippen LogP contribution in [0.3, 0.4) is 0 Å². The molecule has 0 atom stereocenters. The van der Waals surface area contributed by atoms with Gasteiger partial charge in [0.1, 0.15) is 5.92 Å². The van der Waals surface area contributed by atoms with E-state index in [0.29, 0.717) is 5.69 Å². The molecular weight excluding hydrogens is 258 g/mol. The van der Waals surface area contributed by atoms with Crippen molar-refractivity contribution in [3.8, 4) is 0 Å². The first-order valence-electron chi connectivity index (χ1n) is 6.12. The number of benzene rings is 1. The molecule has 0 aromatic heterocycles. The van der Waals surface area contributed by atoms with E-state index in [0.717, 1.165) is 6.21 Å².